The van der Waals surface area contributed by atoms with Crippen LogP contribution in [0, 0.1) is 11.7 Å². The molecule has 1 aromatic rings. The minimum Gasteiger partial charge on any atom is -0.496 e. The Morgan fingerprint density at radius 1 is 1.50 bits per heavy atom. The number of rotatable bonds is 5. The highest BCUT2D eigenvalue weighted by atomic mass is 19.1. The number of hydrogen-bond donors (Lipinski definition) is 1. The van der Waals surface area contributed by atoms with Crippen LogP contribution in [-0.4, -0.2) is 14.2 Å². The molecule has 1 aliphatic rings. The number of ether oxygens (including phenoxy) is 1. The van der Waals surface area contributed by atoms with Crippen LogP contribution < -0.4 is 10.1 Å². The van der Waals surface area contributed by atoms with E-state index in [1.54, 1.807) is 13.2 Å². The Balaban J connectivity index is 2.26. The van der Waals surface area contributed by atoms with Crippen LogP contribution in [0.4, 0.5) is 4.39 Å². The topological polar surface area (TPSA) is 21.3 Å². The molecule has 16 heavy (non-hydrogen) atoms. The predicted molar refractivity (Wildman–Crippen MR) is 62.1 cm³/mol. The molecule has 1 aliphatic carbocycles. The van der Waals surface area contributed by atoms with Gasteiger partial charge in [0.05, 0.1) is 7.11 Å². The van der Waals surface area contributed by atoms with E-state index in [9.17, 15) is 4.39 Å². The molecule has 0 aliphatic heterocycles. The maximum absolute atomic E-state index is 13.8. The maximum Gasteiger partial charge on any atom is 0.131 e. The van der Waals surface area contributed by atoms with Crippen molar-refractivity contribution >= 4 is 0 Å². The summed E-state index contributed by atoms with van der Waals surface area (Å²) in [7, 11) is 3.46. The van der Waals surface area contributed by atoms with Gasteiger partial charge in [0.15, 0.2) is 0 Å². The van der Waals surface area contributed by atoms with Gasteiger partial charge in [0, 0.05) is 11.6 Å². The Morgan fingerprint density at radius 2 is 2.25 bits per heavy atom. The first-order chi connectivity index (χ1) is 7.76. The van der Waals surface area contributed by atoms with Crippen LogP contribution in [-0.2, 0) is 0 Å². The minimum atomic E-state index is -0.181. The molecule has 1 fully saturated rings. The molecule has 2 nitrogen and oxygen atoms in total. The molecule has 1 saturated carbocycles. The van der Waals surface area contributed by atoms with E-state index < -0.39 is 0 Å². The molecule has 0 radical (unpaired) electrons. The highest BCUT2D eigenvalue weighted by Gasteiger charge is 2.28. The summed E-state index contributed by atoms with van der Waals surface area (Å²) in [5.74, 6) is 1.21. The van der Waals surface area contributed by atoms with Gasteiger partial charge in [-0.1, -0.05) is 18.9 Å². The van der Waals surface area contributed by atoms with Gasteiger partial charge in [0.25, 0.3) is 0 Å². The van der Waals surface area contributed by atoms with Crippen LogP contribution in [0.25, 0.3) is 0 Å². The van der Waals surface area contributed by atoms with Crippen molar-refractivity contribution in [3.05, 3.63) is 29.6 Å². The second-order valence-corrected chi connectivity index (χ2v) is 4.38. The lowest BCUT2D eigenvalue weighted by Crippen LogP contribution is -2.19. The summed E-state index contributed by atoms with van der Waals surface area (Å²) >= 11 is 0. The van der Waals surface area contributed by atoms with Gasteiger partial charge in [-0.2, -0.15) is 0 Å². The number of hydrogen-bond acceptors (Lipinski definition) is 2. The van der Waals surface area contributed by atoms with E-state index in [1.807, 2.05) is 13.1 Å². The van der Waals surface area contributed by atoms with E-state index in [0.29, 0.717) is 11.3 Å². The first-order valence-electron chi connectivity index (χ1n) is 5.76. The van der Waals surface area contributed by atoms with E-state index in [-0.39, 0.29) is 11.9 Å². The van der Waals surface area contributed by atoms with Gasteiger partial charge in [0.2, 0.25) is 0 Å². The second-order valence-electron chi connectivity index (χ2n) is 4.38. The number of methoxy groups -OCH3 is 1. The zero-order chi connectivity index (χ0) is 11.5. The molecular formula is C13H18FNO. The molecule has 88 valence electrons. The third kappa shape index (κ3) is 2.35. The molecule has 3 heteroatoms. The Bertz CT molecular complexity index is 363. The number of benzene rings is 1. The summed E-state index contributed by atoms with van der Waals surface area (Å²) < 4.78 is 19.1. The Morgan fingerprint density at radius 3 is 2.81 bits per heavy atom. The van der Waals surface area contributed by atoms with Crippen LogP contribution in [0.1, 0.15) is 30.9 Å². The van der Waals surface area contributed by atoms with Crippen molar-refractivity contribution in [2.24, 2.45) is 5.92 Å². The summed E-state index contributed by atoms with van der Waals surface area (Å²) in [4.78, 5) is 0. The van der Waals surface area contributed by atoms with Crippen molar-refractivity contribution in [2.75, 3.05) is 14.2 Å². The normalized spacial score (nSPS) is 17.2. The molecule has 0 bridgehead atoms. The van der Waals surface area contributed by atoms with Crippen molar-refractivity contribution in [3.8, 4) is 5.75 Å². The molecule has 1 aromatic carbocycles. The Hall–Kier alpha value is -1.09. The van der Waals surface area contributed by atoms with Crippen LogP contribution in [0.5, 0.6) is 5.75 Å². The quantitative estimate of drug-likeness (QED) is 0.828. The molecule has 0 saturated heterocycles. The smallest absolute Gasteiger partial charge is 0.131 e. The summed E-state index contributed by atoms with van der Waals surface area (Å²) in [6, 6.07) is 5.05. The fourth-order valence-electron chi connectivity index (χ4n) is 2.10. The summed E-state index contributed by atoms with van der Waals surface area (Å²) in [6.07, 6.45) is 3.54. The average molecular weight is 223 g/mol. The molecular weight excluding hydrogens is 205 g/mol. The van der Waals surface area contributed by atoms with Crippen molar-refractivity contribution < 1.29 is 9.13 Å². The molecule has 1 N–H and O–H groups in total. The van der Waals surface area contributed by atoms with Gasteiger partial charge < -0.3 is 10.1 Å². The van der Waals surface area contributed by atoms with Gasteiger partial charge >= 0.3 is 0 Å². The SMILES string of the molecule is CNC(CC1CC1)c1c(F)cccc1OC. The molecule has 1 atom stereocenters. The van der Waals surface area contributed by atoms with E-state index in [0.717, 1.165) is 12.3 Å². The molecule has 0 spiro atoms. The molecule has 0 heterocycles. The van der Waals surface area contributed by atoms with Gasteiger partial charge in [-0.25, -0.2) is 4.39 Å². The fourth-order valence-corrected chi connectivity index (χ4v) is 2.10. The standard InChI is InChI=1S/C13H18FNO/c1-15-11(8-9-6-7-9)13-10(14)4-3-5-12(13)16-2/h3-5,9,11,15H,6-8H2,1-2H3. The van der Waals surface area contributed by atoms with Gasteiger partial charge in [-0.15, -0.1) is 0 Å². The first kappa shape index (κ1) is 11.4. The third-order valence-corrected chi connectivity index (χ3v) is 3.20. The van der Waals surface area contributed by atoms with Crippen LogP contribution in [0.15, 0.2) is 18.2 Å². The van der Waals surface area contributed by atoms with Gasteiger partial charge in [-0.3, -0.25) is 0 Å². The van der Waals surface area contributed by atoms with E-state index in [4.69, 9.17) is 4.74 Å². The van der Waals surface area contributed by atoms with Crippen molar-refractivity contribution in [3.63, 3.8) is 0 Å². The monoisotopic (exact) mass is 223 g/mol. The first-order valence-corrected chi connectivity index (χ1v) is 5.76. The average Bonchev–Trinajstić information content (AvgIpc) is 3.10. The minimum absolute atomic E-state index is 0.0589. The Kier molecular flexibility index (Phi) is 3.44. The predicted octanol–water partition coefficient (Wildman–Crippen LogP) is 2.89. The zero-order valence-corrected chi connectivity index (χ0v) is 9.79. The number of halogens is 1. The van der Waals surface area contributed by atoms with Crippen LogP contribution >= 0.6 is 0 Å². The highest BCUT2D eigenvalue weighted by Crippen LogP contribution is 2.40. The van der Waals surface area contributed by atoms with Crippen molar-refractivity contribution in [1.29, 1.82) is 0 Å². The third-order valence-electron chi connectivity index (χ3n) is 3.20. The van der Waals surface area contributed by atoms with E-state index in [1.165, 1.54) is 18.9 Å². The number of nitrogens with one attached hydrogen (secondary N) is 1. The molecule has 0 amide bonds. The summed E-state index contributed by atoms with van der Waals surface area (Å²) in [5, 5.41) is 3.19. The second kappa shape index (κ2) is 4.83. The van der Waals surface area contributed by atoms with Crippen LogP contribution in [0.3, 0.4) is 0 Å². The van der Waals surface area contributed by atoms with E-state index >= 15 is 0 Å². The largest absolute Gasteiger partial charge is 0.496 e. The van der Waals surface area contributed by atoms with E-state index in [2.05, 4.69) is 5.32 Å². The summed E-state index contributed by atoms with van der Waals surface area (Å²) in [6.45, 7) is 0. The Labute approximate surface area is 95.8 Å². The summed E-state index contributed by atoms with van der Waals surface area (Å²) in [5.41, 5.74) is 0.666. The molecule has 1 unspecified atom stereocenters. The van der Waals surface area contributed by atoms with Gasteiger partial charge in [-0.05, 0) is 31.5 Å². The van der Waals surface area contributed by atoms with Crippen molar-refractivity contribution in [2.45, 2.75) is 25.3 Å². The maximum atomic E-state index is 13.8. The lowest BCUT2D eigenvalue weighted by molar-refractivity contribution is 0.386. The lowest BCUT2D eigenvalue weighted by Gasteiger charge is -2.19. The van der Waals surface area contributed by atoms with Crippen molar-refractivity contribution in [1.82, 2.24) is 5.32 Å². The lowest BCUT2D eigenvalue weighted by atomic mass is 9.99. The van der Waals surface area contributed by atoms with Gasteiger partial charge in [0.1, 0.15) is 11.6 Å². The fraction of sp³-hybridized carbons (Fsp3) is 0.538. The molecule has 0 aromatic heterocycles. The zero-order valence-electron chi connectivity index (χ0n) is 9.79. The highest BCUT2D eigenvalue weighted by molar-refractivity contribution is 5.37. The molecule has 2 rings (SSSR count). The van der Waals surface area contributed by atoms with Crippen LogP contribution in [0.2, 0.25) is 0 Å².